The highest BCUT2D eigenvalue weighted by Crippen LogP contribution is 2.33. The molecule has 2 rings (SSSR count). The van der Waals surface area contributed by atoms with E-state index in [0.717, 1.165) is 12.8 Å². The lowest BCUT2D eigenvalue weighted by molar-refractivity contribution is 0.0684. The summed E-state index contributed by atoms with van der Waals surface area (Å²) in [6.07, 6.45) is 0.119. The molecular weight excluding hydrogens is 204 g/mol. The minimum Gasteiger partial charge on any atom is -0.478 e. The molecule has 0 bridgehead atoms. The van der Waals surface area contributed by atoms with Crippen LogP contribution in [-0.2, 0) is 6.42 Å². The Hall–Kier alpha value is -1.39. The van der Waals surface area contributed by atoms with Crippen molar-refractivity contribution in [3.63, 3.8) is 0 Å². The van der Waals surface area contributed by atoms with Crippen LogP contribution >= 0.6 is 0 Å². The molecule has 3 nitrogen and oxygen atoms in total. The average Bonchev–Trinajstić information content (AvgIpc) is 2.81. The van der Waals surface area contributed by atoms with Crippen molar-refractivity contribution in [1.82, 2.24) is 4.98 Å². The van der Waals surface area contributed by atoms with Gasteiger partial charge in [-0.3, -0.25) is 0 Å². The number of hydrogen-bond acceptors (Lipinski definition) is 1. The third kappa shape index (κ3) is 2.16. The highest BCUT2D eigenvalue weighted by molar-refractivity contribution is 5.89. The summed E-state index contributed by atoms with van der Waals surface area (Å²) in [5.41, 5.74) is -0.177. The Morgan fingerprint density at radius 2 is 2.27 bits per heavy atom. The minimum absolute atomic E-state index is 0.305. The van der Waals surface area contributed by atoms with Crippen molar-refractivity contribution in [2.75, 3.05) is 0 Å². The number of nitrogens with one attached hydrogen (secondary N) is 1. The second kappa shape index (κ2) is 3.64. The van der Waals surface area contributed by atoms with Crippen LogP contribution < -0.4 is 0 Å². The van der Waals surface area contributed by atoms with Crippen LogP contribution in [0.4, 0.5) is 8.78 Å². The van der Waals surface area contributed by atoms with E-state index in [4.69, 9.17) is 5.11 Å². The number of H-pyrrole nitrogens is 1. The van der Waals surface area contributed by atoms with Crippen LogP contribution in [0.1, 0.15) is 41.0 Å². The number of carbonyl (C=O) groups is 1. The van der Waals surface area contributed by atoms with E-state index in [9.17, 15) is 13.6 Å². The van der Waals surface area contributed by atoms with Crippen LogP contribution in [0, 0.1) is 5.92 Å². The topological polar surface area (TPSA) is 53.1 Å². The van der Waals surface area contributed by atoms with Gasteiger partial charge in [-0.05, 0) is 31.2 Å². The van der Waals surface area contributed by atoms with E-state index in [0.29, 0.717) is 18.0 Å². The van der Waals surface area contributed by atoms with Crippen LogP contribution in [0.2, 0.25) is 0 Å². The number of aromatic nitrogens is 1. The molecule has 1 aromatic rings. The average molecular weight is 215 g/mol. The van der Waals surface area contributed by atoms with Gasteiger partial charge in [0.05, 0.1) is 11.3 Å². The Labute approximate surface area is 85.1 Å². The van der Waals surface area contributed by atoms with E-state index >= 15 is 0 Å². The lowest BCUT2D eigenvalue weighted by atomic mass is 10.2. The van der Waals surface area contributed by atoms with E-state index < -0.39 is 18.1 Å². The number of carboxylic acids is 1. The van der Waals surface area contributed by atoms with Crippen LogP contribution in [0.3, 0.4) is 0 Å². The predicted molar refractivity (Wildman–Crippen MR) is 49.1 cm³/mol. The summed E-state index contributed by atoms with van der Waals surface area (Å²) in [7, 11) is 0. The van der Waals surface area contributed by atoms with Gasteiger partial charge in [0.25, 0.3) is 6.43 Å². The predicted octanol–water partition coefficient (Wildman–Crippen LogP) is 2.60. The van der Waals surface area contributed by atoms with Gasteiger partial charge < -0.3 is 10.1 Å². The molecule has 1 aliphatic carbocycles. The summed E-state index contributed by atoms with van der Waals surface area (Å²) in [5.74, 6) is -0.764. The summed E-state index contributed by atoms with van der Waals surface area (Å²) in [6.45, 7) is 0. The molecule has 1 saturated carbocycles. The molecule has 82 valence electrons. The lowest BCUT2D eigenvalue weighted by Crippen LogP contribution is -1.99. The molecular formula is C10H11F2NO2. The van der Waals surface area contributed by atoms with Crippen molar-refractivity contribution in [3.8, 4) is 0 Å². The van der Waals surface area contributed by atoms with Crippen molar-refractivity contribution >= 4 is 5.97 Å². The second-order valence-electron chi connectivity index (χ2n) is 3.88. The van der Waals surface area contributed by atoms with E-state index in [-0.39, 0.29) is 5.56 Å². The van der Waals surface area contributed by atoms with Gasteiger partial charge in [-0.15, -0.1) is 0 Å². The lowest BCUT2D eigenvalue weighted by Gasteiger charge is -1.97. The summed E-state index contributed by atoms with van der Waals surface area (Å²) in [6, 6.07) is 1.32. The van der Waals surface area contributed by atoms with Gasteiger partial charge >= 0.3 is 5.97 Å². The van der Waals surface area contributed by atoms with Crippen molar-refractivity contribution in [1.29, 1.82) is 0 Å². The van der Waals surface area contributed by atoms with E-state index in [1.165, 1.54) is 6.07 Å². The molecule has 0 radical (unpaired) electrons. The Morgan fingerprint density at radius 1 is 1.60 bits per heavy atom. The largest absolute Gasteiger partial charge is 0.478 e. The highest BCUT2D eigenvalue weighted by Gasteiger charge is 2.26. The Morgan fingerprint density at radius 3 is 2.67 bits per heavy atom. The summed E-state index contributed by atoms with van der Waals surface area (Å²) < 4.78 is 24.9. The minimum atomic E-state index is -2.76. The number of rotatable bonds is 4. The van der Waals surface area contributed by atoms with Crippen molar-refractivity contribution in [2.45, 2.75) is 25.7 Å². The molecule has 1 aliphatic rings. The van der Waals surface area contributed by atoms with Gasteiger partial charge in [-0.1, -0.05) is 0 Å². The quantitative estimate of drug-likeness (QED) is 0.811. The molecule has 0 aliphatic heterocycles. The molecule has 1 aromatic heterocycles. The first-order valence-electron chi connectivity index (χ1n) is 4.81. The van der Waals surface area contributed by atoms with E-state index in [1.807, 2.05) is 0 Å². The Balaban J connectivity index is 2.25. The van der Waals surface area contributed by atoms with E-state index in [1.54, 1.807) is 0 Å². The molecule has 0 amide bonds. The maximum absolute atomic E-state index is 12.5. The molecule has 0 unspecified atom stereocenters. The summed E-state index contributed by atoms with van der Waals surface area (Å²) in [4.78, 5) is 13.2. The highest BCUT2D eigenvalue weighted by atomic mass is 19.3. The zero-order chi connectivity index (χ0) is 11.0. The van der Waals surface area contributed by atoms with Crippen molar-refractivity contribution in [2.24, 2.45) is 5.92 Å². The second-order valence-corrected chi connectivity index (χ2v) is 3.88. The number of carboxylic acid groups (broad SMARTS) is 1. The molecule has 0 aromatic carbocycles. The van der Waals surface area contributed by atoms with Gasteiger partial charge in [0.2, 0.25) is 0 Å². The third-order valence-electron chi connectivity index (χ3n) is 2.56. The molecule has 15 heavy (non-hydrogen) atoms. The molecule has 1 heterocycles. The zero-order valence-electron chi connectivity index (χ0n) is 7.96. The fraction of sp³-hybridized carbons (Fsp3) is 0.500. The Bertz CT molecular complexity index is 383. The third-order valence-corrected chi connectivity index (χ3v) is 2.56. The van der Waals surface area contributed by atoms with Crippen LogP contribution in [0.15, 0.2) is 6.07 Å². The monoisotopic (exact) mass is 215 g/mol. The number of alkyl halides is 2. The first kappa shape index (κ1) is 10.1. The first-order chi connectivity index (χ1) is 7.08. The number of aromatic amines is 1. The van der Waals surface area contributed by atoms with Crippen LogP contribution in [0.5, 0.6) is 0 Å². The van der Waals surface area contributed by atoms with Crippen LogP contribution in [0.25, 0.3) is 0 Å². The standard InChI is InChI=1S/C10H11F2NO2/c11-9(12)8-7(10(14)15)4-6(13-8)3-5-1-2-5/h4-5,9,13H,1-3H2,(H,14,15). The Kier molecular flexibility index (Phi) is 2.46. The van der Waals surface area contributed by atoms with Crippen molar-refractivity contribution in [3.05, 3.63) is 23.0 Å². The molecule has 0 spiro atoms. The maximum atomic E-state index is 12.5. The molecule has 1 fully saturated rings. The van der Waals surface area contributed by atoms with Crippen LogP contribution in [-0.4, -0.2) is 16.1 Å². The zero-order valence-corrected chi connectivity index (χ0v) is 7.96. The number of aromatic carboxylic acids is 1. The van der Waals surface area contributed by atoms with Gasteiger partial charge in [0.15, 0.2) is 0 Å². The molecule has 5 heteroatoms. The first-order valence-corrected chi connectivity index (χ1v) is 4.81. The van der Waals surface area contributed by atoms with Gasteiger partial charge in [-0.2, -0.15) is 0 Å². The van der Waals surface area contributed by atoms with Crippen molar-refractivity contribution < 1.29 is 18.7 Å². The maximum Gasteiger partial charge on any atom is 0.337 e. The molecule has 0 saturated heterocycles. The SMILES string of the molecule is O=C(O)c1cc(CC2CC2)[nH]c1C(F)F. The fourth-order valence-corrected chi connectivity index (χ4v) is 1.62. The fourth-order valence-electron chi connectivity index (χ4n) is 1.62. The van der Waals surface area contributed by atoms with E-state index in [2.05, 4.69) is 4.98 Å². The number of halogens is 2. The smallest absolute Gasteiger partial charge is 0.337 e. The normalized spacial score (nSPS) is 15.9. The molecule has 2 N–H and O–H groups in total. The molecule has 0 atom stereocenters. The summed E-state index contributed by atoms with van der Waals surface area (Å²) in [5, 5.41) is 8.72. The number of hydrogen-bond donors (Lipinski definition) is 2. The van der Waals surface area contributed by atoms with Gasteiger partial charge in [-0.25, -0.2) is 13.6 Å². The van der Waals surface area contributed by atoms with Gasteiger partial charge in [0, 0.05) is 5.69 Å². The van der Waals surface area contributed by atoms with Gasteiger partial charge in [0.1, 0.15) is 0 Å². The summed E-state index contributed by atoms with van der Waals surface area (Å²) >= 11 is 0.